The standard InChI is InChI=1S/C10H18BrFO2/c11-8-9(12)6-4-2-1-3-5-7-10(13)14/h9H,1-8H2,(H,13,14)/t9-/m0/s1. The van der Waals surface area contributed by atoms with E-state index in [9.17, 15) is 9.18 Å². The van der Waals surface area contributed by atoms with E-state index in [1.54, 1.807) is 0 Å². The van der Waals surface area contributed by atoms with Crippen LogP contribution in [0.2, 0.25) is 0 Å². The van der Waals surface area contributed by atoms with Gasteiger partial charge in [-0.1, -0.05) is 41.6 Å². The van der Waals surface area contributed by atoms with E-state index in [2.05, 4.69) is 15.9 Å². The van der Waals surface area contributed by atoms with Gasteiger partial charge in [0.05, 0.1) is 0 Å². The van der Waals surface area contributed by atoms with E-state index in [0.717, 1.165) is 32.1 Å². The molecule has 0 heterocycles. The van der Waals surface area contributed by atoms with Crippen LogP contribution in [0.4, 0.5) is 4.39 Å². The molecular weight excluding hydrogens is 251 g/mol. The lowest BCUT2D eigenvalue weighted by atomic mass is 10.1. The molecule has 14 heavy (non-hydrogen) atoms. The van der Waals surface area contributed by atoms with E-state index < -0.39 is 12.1 Å². The number of alkyl halides is 2. The van der Waals surface area contributed by atoms with E-state index >= 15 is 0 Å². The Hall–Kier alpha value is -0.120. The molecule has 1 atom stereocenters. The molecule has 0 aromatic heterocycles. The maximum atomic E-state index is 12.7. The highest BCUT2D eigenvalue weighted by molar-refractivity contribution is 9.09. The first kappa shape index (κ1) is 13.9. The van der Waals surface area contributed by atoms with Crippen LogP contribution in [-0.4, -0.2) is 22.6 Å². The summed E-state index contributed by atoms with van der Waals surface area (Å²) < 4.78 is 12.7. The van der Waals surface area contributed by atoms with Crippen molar-refractivity contribution in [2.75, 3.05) is 5.33 Å². The van der Waals surface area contributed by atoms with Crippen LogP contribution in [0.1, 0.15) is 44.9 Å². The van der Waals surface area contributed by atoms with Gasteiger partial charge in [-0.25, -0.2) is 4.39 Å². The van der Waals surface area contributed by atoms with Crippen molar-refractivity contribution in [3.8, 4) is 0 Å². The maximum absolute atomic E-state index is 12.7. The first-order valence-electron chi connectivity index (χ1n) is 5.08. The minimum absolute atomic E-state index is 0.257. The molecule has 1 N–H and O–H groups in total. The van der Waals surface area contributed by atoms with E-state index in [4.69, 9.17) is 5.11 Å². The lowest BCUT2D eigenvalue weighted by molar-refractivity contribution is -0.137. The van der Waals surface area contributed by atoms with Crippen LogP contribution in [0.15, 0.2) is 0 Å². The van der Waals surface area contributed by atoms with Crippen LogP contribution >= 0.6 is 15.9 Å². The lowest BCUT2D eigenvalue weighted by Crippen LogP contribution is -2.00. The van der Waals surface area contributed by atoms with Crippen molar-refractivity contribution in [1.29, 1.82) is 0 Å². The van der Waals surface area contributed by atoms with Crippen molar-refractivity contribution in [2.45, 2.75) is 51.1 Å². The average Bonchev–Trinajstić information content (AvgIpc) is 2.15. The van der Waals surface area contributed by atoms with Crippen molar-refractivity contribution < 1.29 is 14.3 Å². The van der Waals surface area contributed by atoms with Gasteiger partial charge in [0.2, 0.25) is 0 Å². The number of aliphatic carboxylic acids is 1. The Balaban J connectivity index is 3.02. The highest BCUT2D eigenvalue weighted by Crippen LogP contribution is 2.11. The molecule has 4 heteroatoms. The van der Waals surface area contributed by atoms with Gasteiger partial charge in [-0.3, -0.25) is 4.79 Å². The summed E-state index contributed by atoms with van der Waals surface area (Å²) in [6.45, 7) is 0. The summed E-state index contributed by atoms with van der Waals surface area (Å²) in [6.07, 6.45) is 4.76. The van der Waals surface area contributed by atoms with Gasteiger partial charge in [0.15, 0.2) is 0 Å². The number of rotatable bonds is 9. The molecule has 0 bridgehead atoms. The Morgan fingerprint density at radius 3 is 2.36 bits per heavy atom. The zero-order valence-corrected chi connectivity index (χ0v) is 9.93. The second-order valence-corrected chi connectivity index (χ2v) is 4.10. The summed E-state index contributed by atoms with van der Waals surface area (Å²) in [6, 6.07) is 0. The number of carboxylic acids is 1. The quantitative estimate of drug-likeness (QED) is 0.513. The Labute approximate surface area is 93.0 Å². The number of halogens is 2. The minimum atomic E-state index is -0.729. The topological polar surface area (TPSA) is 37.3 Å². The fourth-order valence-corrected chi connectivity index (χ4v) is 1.57. The molecule has 0 radical (unpaired) electrons. The molecule has 0 unspecified atom stereocenters. The first-order chi connectivity index (χ1) is 6.66. The fraction of sp³-hybridized carbons (Fsp3) is 0.900. The summed E-state index contributed by atoms with van der Waals surface area (Å²) in [7, 11) is 0. The molecule has 0 aliphatic rings. The van der Waals surface area contributed by atoms with Gasteiger partial charge in [0.25, 0.3) is 0 Å². The van der Waals surface area contributed by atoms with Crippen molar-refractivity contribution in [3.05, 3.63) is 0 Å². The molecule has 0 rings (SSSR count). The minimum Gasteiger partial charge on any atom is -0.481 e. The summed E-state index contributed by atoms with van der Waals surface area (Å²) in [4.78, 5) is 10.2. The van der Waals surface area contributed by atoms with Gasteiger partial charge in [0, 0.05) is 11.8 Å². The number of carbonyl (C=O) groups is 1. The lowest BCUT2D eigenvalue weighted by Gasteiger charge is -2.03. The molecule has 0 spiro atoms. The predicted molar refractivity (Wildman–Crippen MR) is 58.6 cm³/mol. The maximum Gasteiger partial charge on any atom is 0.303 e. The predicted octanol–water partition coefficient (Wildman–Crippen LogP) is 3.53. The number of hydrogen-bond acceptors (Lipinski definition) is 1. The summed E-state index contributed by atoms with van der Waals surface area (Å²) >= 11 is 3.08. The van der Waals surface area contributed by atoms with Crippen molar-refractivity contribution in [2.24, 2.45) is 0 Å². The summed E-state index contributed by atoms with van der Waals surface area (Å²) in [5.41, 5.74) is 0. The summed E-state index contributed by atoms with van der Waals surface area (Å²) in [5.74, 6) is -0.729. The highest BCUT2D eigenvalue weighted by atomic mass is 79.9. The van der Waals surface area contributed by atoms with Crippen LogP contribution in [0.25, 0.3) is 0 Å². The van der Waals surface area contributed by atoms with Crippen molar-refractivity contribution in [3.63, 3.8) is 0 Å². The normalized spacial score (nSPS) is 12.7. The molecule has 0 aliphatic heterocycles. The van der Waals surface area contributed by atoms with E-state index in [0.29, 0.717) is 11.8 Å². The second kappa shape index (κ2) is 9.44. The van der Waals surface area contributed by atoms with E-state index in [1.165, 1.54) is 0 Å². The number of unbranched alkanes of at least 4 members (excludes halogenated alkanes) is 4. The third-order valence-electron chi connectivity index (χ3n) is 2.08. The number of hydrogen-bond donors (Lipinski definition) is 1. The molecular formula is C10H18BrFO2. The van der Waals surface area contributed by atoms with Gasteiger partial charge >= 0.3 is 5.97 Å². The van der Waals surface area contributed by atoms with E-state index in [-0.39, 0.29) is 6.42 Å². The smallest absolute Gasteiger partial charge is 0.303 e. The van der Waals surface area contributed by atoms with Crippen LogP contribution in [0, 0.1) is 0 Å². The zero-order chi connectivity index (χ0) is 10.8. The molecule has 2 nitrogen and oxygen atoms in total. The highest BCUT2D eigenvalue weighted by Gasteiger charge is 2.02. The summed E-state index contributed by atoms with van der Waals surface area (Å²) in [5, 5.41) is 8.79. The van der Waals surface area contributed by atoms with Gasteiger partial charge in [0.1, 0.15) is 6.17 Å². The molecule has 0 aliphatic carbocycles. The third-order valence-corrected chi connectivity index (χ3v) is 2.78. The zero-order valence-electron chi connectivity index (χ0n) is 8.35. The molecule has 0 aromatic rings. The van der Waals surface area contributed by atoms with Gasteiger partial charge < -0.3 is 5.11 Å². The average molecular weight is 269 g/mol. The molecule has 0 saturated carbocycles. The molecule has 0 aromatic carbocycles. The van der Waals surface area contributed by atoms with Gasteiger partial charge in [-0.15, -0.1) is 0 Å². The monoisotopic (exact) mass is 268 g/mol. The first-order valence-corrected chi connectivity index (χ1v) is 6.20. The molecule has 84 valence electrons. The Kier molecular flexibility index (Phi) is 9.35. The SMILES string of the molecule is O=C(O)CCCCCCC[C@H](F)CBr. The van der Waals surface area contributed by atoms with Crippen LogP contribution in [-0.2, 0) is 4.79 Å². The molecule has 0 saturated heterocycles. The Morgan fingerprint density at radius 2 is 1.79 bits per heavy atom. The van der Waals surface area contributed by atoms with Gasteiger partial charge in [-0.05, 0) is 12.8 Å². The van der Waals surface area contributed by atoms with Crippen molar-refractivity contribution >= 4 is 21.9 Å². The van der Waals surface area contributed by atoms with Gasteiger partial charge in [-0.2, -0.15) is 0 Å². The Morgan fingerprint density at radius 1 is 1.21 bits per heavy atom. The van der Waals surface area contributed by atoms with Crippen LogP contribution in [0.3, 0.4) is 0 Å². The Bertz CT molecular complexity index is 153. The van der Waals surface area contributed by atoms with Crippen molar-refractivity contribution in [1.82, 2.24) is 0 Å². The second-order valence-electron chi connectivity index (χ2n) is 3.45. The molecule has 0 amide bonds. The third kappa shape index (κ3) is 9.96. The molecule has 0 fully saturated rings. The van der Waals surface area contributed by atoms with E-state index in [1.807, 2.05) is 0 Å². The fourth-order valence-electron chi connectivity index (χ4n) is 1.25. The van der Waals surface area contributed by atoms with Crippen LogP contribution in [0.5, 0.6) is 0 Å². The largest absolute Gasteiger partial charge is 0.481 e. The number of carboxylic acid groups (broad SMARTS) is 1. The van der Waals surface area contributed by atoms with Crippen LogP contribution < -0.4 is 0 Å².